The zero-order chi connectivity index (χ0) is 20.5. The molecule has 0 radical (unpaired) electrons. The number of hydrogen-bond acceptors (Lipinski definition) is 5. The third-order valence-corrected chi connectivity index (χ3v) is 5.13. The third-order valence-electron chi connectivity index (χ3n) is 4.92. The van der Waals surface area contributed by atoms with Gasteiger partial charge < -0.3 is 11.1 Å². The van der Waals surface area contributed by atoms with Gasteiger partial charge in [0.1, 0.15) is 11.0 Å². The molecule has 9 heteroatoms. The largest absolute Gasteiger partial charge is 0.364 e. The summed E-state index contributed by atoms with van der Waals surface area (Å²) in [6.45, 7) is 0.665. The van der Waals surface area contributed by atoms with Gasteiger partial charge >= 0.3 is 0 Å². The maximum Gasteiger partial charge on any atom is 0.269 e. The Bertz CT molecular complexity index is 1200. The van der Waals surface area contributed by atoms with Gasteiger partial charge in [-0.25, -0.2) is 9.97 Å². The maximum absolute atomic E-state index is 12.8. The number of amides is 2. The highest BCUT2D eigenvalue weighted by atomic mass is 35.5. The molecule has 0 saturated carbocycles. The number of fused-ring (bicyclic) bond motifs is 2. The molecule has 1 aromatic carbocycles. The Hall–Kier alpha value is -3.26. The molecule has 0 fully saturated rings. The summed E-state index contributed by atoms with van der Waals surface area (Å²) in [6.07, 6.45) is 3.74. The summed E-state index contributed by atoms with van der Waals surface area (Å²) in [5, 5.41) is 3.18. The molecule has 4 rings (SSSR count). The molecule has 1 aliphatic heterocycles. The number of nitrogens with two attached hydrogens (primary N) is 1. The minimum absolute atomic E-state index is 0.0863. The first-order valence-corrected chi connectivity index (χ1v) is 9.63. The molecule has 0 atom stereocenters. The lowest BCUT2D eigenvalue weighted by molar-refractivity contribution is 0.0996. The molecule has 0 unspecified atom stereocenters. The van der Waals surface area contributed by atoms with Crippen molar-refractivity contribution in [2.45, 2.75) is 32.2 Å². The lowest BCUT2D eigenvalue weighted by Gasteiger charge is -2.11. The Balaban J connectivity index is 1.71. The molecule has 8 nitrogen and oxygen atoms in total. The molecule has 2 aromatic heterocycles. The van der Waals surface area contributed by atoms with Crippen LogP contribution in [0, 0.1) is 0 Å². The van der Waals surface area contributed by atoms with Crippen molar-refractivity contribution in [3.8, 4) is 0 Å². The van der Waals surface area contributed by atoms with E-state index >= 15 is 0 Å². The lowest BCUT2D eigenvalue weighted by Crippen LogP contribution is -2.25. The van der Waals surface area contributed by atoms with Crippen molar-refractivity contribution in [3.05, 3.63) is 62.9 Å². The van der Waals surface area contributed by atoms with Crippen molar-refractivity contribution in [2.24, 2.45) is 5.73 Å². The number of pyridine rings is 1. The van der Waals surface area contributed by atoms with Gasteiger partial charge in [-0.1, -0.05) is 18.0 Å². The first-order chi connectivity index (χ1) is 13.9. The second kappa shape index (κ2) is 7.63. The van der Waals surface area contributed by atoms with Crippen LogP contribution < -0.4 is 16.6 Å². The van der Waals surface area contributed by atoms with E-state index in [2.05, 4.69) is 15.3 Å². The molecule has 0 spiro atoms. The number of carbonyl (C=O) groups is 2. The highest BCUT2D eigenvalue weighted by molar-refractivity contribution is 6.29. The highest BCUT2D eigenvalue weighted by Gasteiger charge is 2.17. The zero-order valence-corrected chi connectivity index (χ0v) is 16.2. The van der Waals surface area contributed by atoms with Crippen LogP contribution in [0.3, 0.4) is 0 Å². The molecule has 3 N–H and O–H groups in total. The van der Waals surface area contributed by atoms with E-state index in [4.69, 9.17) is 17.3 Å². The number of carbonyl (C=O) groups excluding carboxylic acids is 2. The fraction of sp³-hybridized carbons (Fsp3) is 0.250. The van der Waals surface area contributed by atoms with Crippen molar-refractivity contribution in [1.82, 2.24) is 14.5 Å². The fourth-order valence-corrected chi connectivity index (χ4v) is 3.63. The number of halogens is 1. The van der Waals surface area contributed by atoms with Gasteiger partial charge in [-0.05, 0) is 43.2 Å². The van der Waals surface area contributed by atoms with E-state index in [1.165, 1.54) is 12.1 Å². The van der Waals surface area contributed by atoms with Gasteiger partial charge in [-0.2, -0.15) is 0 Å². The predicted octanol–water partition coefficient (Wildman–Crippen LogP) is 2.52. The van der Waals surface area contributed by atoms with Crippen LogP contribution >= 0.6 is 11.6 Å². The smallest absolute Gasteiger partial charge is 0.269 e. The third kappa shape index (κ3) is 3.71. The molecule has 3 heterocycles. The molecular weight excluding hydrogens is 394 g/mol. The number of rotatable bonds is 3. The van der Waals surface area contributed by atoms with E-state index in [0.717, 1.165) is 31.5 Å². The Morgan fingerprint density at radius 3 is 2.72 bits per heavy atom. The van der Waals surface area contributed by atoms with Crippen LogP contribution in [0.1, 0.15) is 45.9 Å². The van der Waals surface area contributed by atoms with E-state index in [1.54, 1.807) is 22.8 Å². The molecule has 2 amide bonds. The van der Waals surface area contributed by atoms with Crippen molar-refractivity contribution < 1.29 is 9.59 Å². The van der Waals surface area contributed by atoms with Crippen molar-refractivity contribution in [2.75, 3.05) is 5.32 Å². The molecular formula is C20H18ClN5O3. The monoisotopic (exact) mass is 411 g/mol. The first-order valence-electron chi connectivity index (χ1n) is 9.25. The number of nitrogens with one attached hydrogen (secondary N) is 1. The number of anilines is 1. The first kappa shape index (κ1) is 19.1. The standard InChI is InChI=1S/C20H18ClN5O3/c21-15-8-7-13(17(25-15)18(22)27)24-19(28)11-5-6-12-14(10-11)23-16-4-2-1-3-9-26(16)20(12)29/h5-8,10H,1-4,9H2,(H2,22,27)(H,24,28). The van der Waals surface area contributed by atoms with Crippen LogP contribution in [0.15, 0.2) is 35.1 Å². The van der Waals surface area contributed by atoms with Gasteiger partial charge in [-0.15, -0.1) is 0 Å². The molecule has 3 aromatic rings. The van der Waals surface area contributed by atoms with E-state index in [9.17, 15) is 14.4 Å². The van der Waals surface area contributed by atoms with Crippen LogP contribution in [-0.2, 0) is 13.0 Å². The second-order valence-corrected chi connectivity index (χ2v) is 7.26. The minimum Gasteiger partial charge on any atom is -0.364 e. The minimum atomic E-state index is -0.807. The second-order valence-electron chi connectivity index (χ2n) is 6.88. The average Bonchev–Trinajstić information content (AvgIpc) is 2.94. The van der Waals surface area contributed by atoms with Crippen LogP contribution in [0.4, 0.5) is 5.69 Å². The van der Waals surface area contributed by atoms with Crippen LogP contribution in [0.2, 0.25) is 5.15 Å². The highest BCUT2D eigenvalue weighted by Crippen LogP contribution is 2.20. The van der Waals surface area contributed by atoms with Gasteiger partial charge in [0.15, 0.2) is 5.69 Å². The predicted molar refractivity (Wildman–Crippen MR) is 109 cm³/mol. The summed E-state index contributed by atoms with van der Waals surface area (Å²) >= 11 is 5.79. The van der Waals surface area contributed by atoms with E-state index in [1.807, 2.05) is 0 Å². The van der Waals surface area contributed by atoms with Crippen LogP contribution in [0.25, 0.3) is 10.9 Å². The SMILES string of the molecule is NC(=O)c1nc(Cl)ccc1NC(=O)c1ccc2c(=O)n3c(nc2c1)CCCCC3. The summed E-state index contributed by atoms with van der Waals surface area (Å²) in [7, 11) is 0. The van der Waals surface area contributed by atoms with Crippen molar-refractivity contribution in [1.29, 1.82) is 0 Å². The summed E-state index contributed by atoms with van der Waals surface area (Å²) in [6, 6.07) is 7.64. The van der Waals surface area contributed by atoms with Gasteiger partial charge in [0, 0.05) is 18.5 Å². The molecule has 1 aliphatic rings. The summed E-state index contributed by atoms with van der Waals surface area (Å²) in [5.41, 5.74) is 6.02. The Kier molecular flexibility index (Phi) is 5.02. The fourth-order valence-electron chi connectivity index (χ4n) is 3.48. The van der Waals surface area contributed by atoms with Gasteiger partial charge in [0.25, 0.3) is 17.4 Å². The van der Waals surface area contributed by atoms with E-state index in [-0.39, 0.29) is 22.1 Å². The maximum atomic E-state index is 12.8. The van der Waals surface area contributed by atoms with Crippen LogP contribution in [0.5, 0.6) is 0 Å². The molecule has 0 bridgehead atoms. The average molecular weight is 412 g/mol. The van der Waals surface area contributed by atoms with Gasteiger partial charge in [0.2, 0.25) is 0 Å². The molecule has 0 aliphatic carbocycles. The Morgan fingerprint density at radius 2 is 1.93 bits per heavy atom. The number of benzene rings is 1. The van der Waals surface area contributed by atoms with Gasteiger partial charge in [0.05, 0.1) is 16.6 Å². The quantitative estimate of drug-likeness (QED) is 0.641. The normalized spacial score (nSPS) is 13.6. The number of nitrogens with zero attached hydrogens (tertiary/aromatic N) is 3. The number of primary amides is 1. The molecule has 29 heavy (non-hydrogen) atoms. The van der Waals surface area contributed by atoms with Crippen LogP contribution in [-0.4, -0.2) is 26.3 Å². The number of hydrogen-bond donors (Lipinski definition) is 2. The summed E-state index contributed by atoms with van der Waals surface area (Å²) < 4.78 is 1.73. The molecule has 0 saturated heterocycles. The van der Waals surface area contributed by atoms with E-state index in [0.29, 0.717) is 23.0 Å². The summed E-state index contributed by atoms with van der Waals surface area (Å²) in [4.78, 5) is 45.6. The van der Waals surface area contributed by atoms with Crippen molar-refractivity contribution in [3.63, 3.8) is 0 Å². The number of aryl methyl sites for hydroxylation is 1. The van der Waals surface area contributed by atoms with Gasteiger partial charge in [-0.3, -0.25) is 19.0 Å². The topological polar surface area (TPSA) is 120 Å². The lowest BCUT2D eigenvalue weighted by atomic mass is 10.1. The number of aromatic nitrogens is 3. The molecule has 148 valence electrons. The van der Waals surface area contributed by atoms with E-state index < -0.39 is 11.8 Å². The Labute approximate surface area is 170 Å². The zero-order valence-electron chi connectivity index (χ0n) is 15.4. The Morgan fingerprint density at radius 1 is 1.10 bits per heavy atom. The van der Waals surface area contributed by atoms with Crippen molar-refractivity contribution >= 4 is 40.0 Å². The summed E-state index contributed by atoms with van der Waals surface area (Å²) in [5.74, 6) is -0.537.